The van der Waals surface area contributed by atoms with Crippen LogP contribution in [0.3, 0.4) is 0 Å². The number of benzene rings is 1. The van der Waals surface area contributed by atoms with Crippen LogP contribution in [-0.4, -0.2) is 14.9 Å². The van der Waals surface area contributed by atoms with E-state index in [1.54, 1.807) is 6.20 Å². The summed E-state index contributed by atoms with van der Waals surface area (Å²) in [7, 11) is 0. The average Bonchev–Trinajstić information content (AvgIpc) is 2.80. The van der Waals surface area contributed by atoms with E-state index in [9.17, 15) is 5.11 Å². The van der Waals surface area contributed by atoms with Crippen molar-refractivity contribution in [2.45, 2.75) is 26.0 Å². The van der Waals surface area contributed by atoms with Gasteiger partial charge >= 0.3 is 0 Å². The van der Waals surface area contributed by atoms with Gasteiger partial charge in [0.1, 0.15) is 6.10 Å². The summed E-state index contributed by atoms with van der Waals surface area (Å²) in [5.41, 5.74) is 1.45. The van der Waals surface area contributed by atoms with E-state index >= 15 is 0 Å². The summed E-state index contributed by atoms with van der Waals surface area (Å²) in [5.74, 6) is 0. The van der Waals surface area contributed by atoms with E-state index in [0.29, 0.717) is 10.6 Å². The number of hydrogen-bond acceptors (Lipinski definition) is 2. The van der Waals surface area contributed by atoms with Crippen LogP contribution in [0, 0.1) is 0 Å². The lowest BCUT2D eigenvalue weighted by molar-refractivity contribution is 0.207. The van der Waals surface area contributed by atoms with Gasteiger partial charge in [-0.25, -0.2) is 0 Å². The highest BCUT2D eigenvalue weighted by Crippen LogP contribution is 2.33. The summed E-state index contributed by atoms with van der Waals surface area (Å²) in [6.45, 7) is 2.86. The summed E-state index contributed by atoms with van der Waals surface area (Å²) >= 11 is 9.56. The Morgan fingerprint density at radius 2 is 2.22 bits per heavy atom. The number of aryl methyl sites for hydroxylation is 1. The second kappa shape index (κ2) is 5.87. The molecule has 1 unspecified atom stereocenters. The lowest BCUT2D eigenvalue weighted by Crippen LogP contribution is -2.10. The van der Waals surface area contributed by atoms with Crippen molar-refractivity contribution in [2.24, 2.45) is 0 Å². The van der Waals surface area contributed by atoms with Crippen molar-refractivity contribution in [3.63, 3.8) is 0 Å². The van der Waals surface area contributed by atoms with Crippen molar-refractivity contribution in [1.29, 1.82) is 0 Å². The molecule has 0 saturated carbocycles. The normalized spacial score (nSPS) is 12.7. The fourth-order valence-corrected chi connectivity index (χ4v) is 2.48. The monoisotopic (exact) mass is 328 g/mol. The summed E-state index contributed by atoms with van der Waals surface area (Å²) in [6, 6.07) is 7.34. The summed E-state index contributed by atoms with van der Waals surface area (Å²) in [6.07, 6.45) is 1.90. The Hall–Kier alpha value is -0.840. The van der Waals surface area contributed by atoms with E-state index < -0.39 is 6.10 Å². The van der Waals surface area contributed by atoms with Crippen LogP contribution in [0.5, 0.6) is 0 Å². The third kappa shape index (κ3) is 2.60. The highest BCUT2D eigenvalue weighted by atomic mass is 79.9. The van der Waals surface area contributed by atoms with Gasteiger partial charge in [0.2, 0.25) is 0 Å². The fraction of sp³-hybridized carbons (Fsp3) is 0.308. The molecule has 18 heavy (non-hydrogen) atoms. The minimum absolute atomic E-state index is 0.536. The van der Waals surface area contributed by atoms with Gasteiger partial charge in [0.15, 0.2) is 0 Å². The number of aromatic nitrogens is 2. The molecule has 1 aromatic heterocycles. The quantitative estimate of drug-likeness (QED) is 0.926. The lowest BCUT2D eigenvalue weighted by Gasteiger charge is -2.15. The van der Waals surface area contributed by atoms with Gasteiger partial charge in [0.05, 0.1) is 10.7 Å². The first-order valence-corrected chi connectivity index (χ1v) is 6.96. The van der Waals surface area contributed by atoms with Gasteiger partial charge in [-0.15, -0.1) is 0 Å². The minimum atomic E-state index is -0.760. The van der Waals surface area contributed by atoms with Crippen LogP contribution in [-0.2, 0) is 6.54 Å². The van der Waals surface area contributed by atoms with Crippen LogP contribution >= 0.6 is 27.5 Å². The van der Waals surface area contributed by atoms with Crippen molar-refractivity contribution in [3.05, 3.63) is 51.2 Å². The summed E-state index contributed by atoms with van der Waals surface area (Å²) in [5, 5.41) is 15.2. The molecular formula is C13H14BrClN2O. The average molecular weight is 330 g/mol. The maximum absolute atomic E-state index is 10.4. The van der Waals surface area contributed by atoms with Crippen molar-refractivity contribution in [2.75, 3.05) is 0 Å². The lowest BCUT2D eigenvalue weighted by atomic mass is 10.1. The molecule has 96 valence electrons. The Morgan fingerprint density at radius 1 is 1.44 bits per heavy atom. The Bertz CT molecular complexity index is 542. The maximum atomic E-state index is 10.4. The topological polar surface area (TPSA) is 38.0 Å². The Morgan fingerprint density at radius 3 is 2.94 bits per heavy atom. The van der Waals surface area contributed by atoms with Crippen molar-refractivity contribution >= 4 is 27.5 Å². The van der Waals surface area contributed by atoms with Crippen LogP contribution in [0.2, 0.25) is 5.02 Å². The zero-order valence-corrected chi connectivity index (χ0v) is 12.3. The molecular weight excluding hydrogens is 316 g/mol. The third-order valence-corrected chi connectivity index (χ3v) is 4.05. The van der Waals surface area contributed by atoms with Crippen LogP contribution in [0.4, 0.5) is 0 Å². The second-order valence-corrected chi connectivity index (χ2v) is 5.26. The molecule has 2 rings (SSSR count). The molecule has 1 N–H and O–H groups in total. The predicted molar refractivity (Wildman–Crippen MR) is 75.7 cm³/mol. The zero-order chi connectivity index (χ0) is 13.1. The smallest absolute Gasteiger partial charge is 0.122 e. The predicted octanol–water partition coefficient (Wildman–Crippen LogP) is 3.79. The first-order chi connectivity index (χ1) is 8.65. The van der Waals surface area contributed by atoms with Crippen LogP contribution in [0.25, 0.3) is 0 Å². The first kappa shape index (κ1) is 13.6. The molecule has 0 radical (unpaired) electrons. The molecule has 1 heterocycles. The molecule has 0 aliphatic rings. The Balaban J connectivity index is 2.38. The van der Waals surface area contributed by atoms with Gasteiger partial charge in [0, 0.05) is 22.8 Å². The van der Waals surface area contributed by atoms with Crippen molar-refractivity contribution < 1.29 is 5.11 Å². The molecule has 0 spiro atoms. The molecule has 0 aliphatic carbocycles. The molecule has 1 atom stereocenters. The number of aliphatic hydroxyl groups is 1. The van der Waals surface area contributed by atoms with Gasteiger partial charge in [-0.05, 0) is 34.5 Å². The van der Waals surface area contributed by atoms with Gasteiger partial charge in [-0.3, -0.25) is 4.68 Å². The van der Waals surface area contributed by atoms with E-state index in [2.05, 4.69) is 28.0 Å². The van der Waals surface area contributed by atoms with Gasteiger partial charge in [-0.1, -0.05) is 30.7 Å². The first-order valence-electron chi connectivity index (χ1n) is 5.78. The molecule has 0 amide bonds. The van der Waals surface area contributed by atoms with Gasteiger partial charge < -0.3 is 5.11 Å². The number of rotatable bonds is 4. The third-order valence-electron chi connectivity index (χ3n) is 2.74. The van der Waals surface area contributed by atoms with E-state index in [1.165, 1.54) is 0 Å². The zero-order valence-electron chi connectivity index (χ0n) is 9.98. The second-order valence-electron chi connectivity index (χ2n) is 4.02. The van der Waals surface area contributed by atoms with E-state index in [1.807, 2.05) is 28.9 Å². The summed E-state index contributed by atoms with van der Waals surface area (Å²) in [4.78, 5) is 0. The van der Waals surface area contributed by atoms with Gasteiger partial charge in [-0.2, -0.15) is 5.10 Å². The highest BCUT2D eigenvalue weighted by molar-refractivity contribution is 9.10. The number of hydrogen-bond donors (Lipinski definition) is 1. The molecule has 1 aromatic carbocycles. The molecule has 0 saturated heterocycles. The number of nitrogens with zero attached hydrogens (tertiary/aromatic N) is 2. The fourth-order valence-electron chi connectivity index (χ4n) is 1.86. The number of aliphatic hydroxyl groups excluding tert-OH is 1. The molecule has 5 heteroatoms. The molecule has 0 fully saturated rings. The van der Waals surface area contributed by atoms with E-state index in [4.69, 9.17) is 11.6 Å². The summed E-state index contributed by atoms with van der Waals surface area (Å²) < 4.78 is 2.59. The van der Waals surface area contributed by atoms with E-state index in [0.717, 1.165) is 23.1 Å². The molecule has 3 nitrogen and oxygen atoms in total. The van der Waals surface area contributed by atoms with Crippen LogP contribution in [0.1, 0.15) is 30.7 Å². The van der Waals surface area contributed by atoms with E-state index in [-0.39, 0.29) is 0 Å². The SMILES string of the molecule is CCCn1nccc1C(O)c1cccc(Br)c1Cl. The maximum Gasteiger partial charge on any atom is 0.122 e. The molecule has 2 aromatic rings. The van der Waals surface area contributed by atoms with Gasteiger partial charge in [0.25, 0.3) is 0 Å². The minimum Gasteiger partial charge on any atom is -0.382 e. The number of halogens is 2. The van der Waals surface area contributed by atoms with Crippen LogP contribution < -0.4 is 0 Å². The van der Waals surface area contributed by atoms with Crippen molar-refractivity contribution in [1.82, 2.24) is 9.78 Å². The van der Waals surface area contributed by atoms with Crippen molar-refractivity contribution in [3.8, 4) is 0 Å². The molecule has 0 bridgehead atoms. The largest absolute Gasteiger partial charge is 0.382 e. The Kier molecular flexibility index (Phi) is 4.43. The molecule has 0 aliphatic heterocycles. The Labute approximate surface area is 120 Å². The standard InChI is InChI=1S/C13H14BrClN2O/c1-2-8-17-11(6-7-16-17)13(18)9-4-3-5-10(14)12(9)15/h3-7,13,18H,2,8H2,1H3. The van der Waals surface area contributed by atoms with Crippen LogP contribution in [0.15, 0.2) is 34.9 Å². The highest BCUT2D eigenvalue weighted by Gasteiger charge is 2.18.